The van der Waals surface area contributed by atoms with Gasteiger partial charge in [-0.2, -0.15) is 0 Å². The Morgan fingerprint density at radius 1 is 1.10 bits per heavy atom. The molecule has 0 aromatic heterocycles. The highest BCUT2D eigenvalue weighted by Gasteiger charge is 2.36. The van der Waals surface area contributed by atoms with Crippen molar-refractivity contribution in [3.05, 3.63) is 23.8 Å². The van der Waals surface area contributed by atoms with E-state index in [0.717, 1.165) is 50.8 Å². The first-order chi connectivity index (χ1) is 14.5. The minimum absolute atomic E-state index is 0.0751. The Balaban J connectivity index is 1.29. The van der Waals surface area contributed by atoms with Crippen LogP contribution < -0.4 is 20.9 Å². The van der Waals surface area contributed by atoms with E-state index >= 15 is 0 Å². The minimum atomic E-state index is -0.696. The first-order valence-electron chi connectivity index (χ1n) is 10.5. The van der Waals surface area contributed by atoms with Gasteiger partial charge in [-0.1, -0.05) is 19.3 Å². The summed E-state index contributed by atoms with van der Waals surface area (Å²) in [6.07, 6.45) is 6.88. The number of benzene rings is 1. The number of nitrogens with zero attached hydrogens (tertiary/aromatic N) is 1. The number of urea groups is 1. The minimum Gasteiger partial charge on any atom is -0.452 e. The lowest BCUT2D eigenvalue weighted by molar-refractivity contribution is -0.123. The highest BCUT2D eigenvalue weighted by atomic mass is 16.5. The van der Waals surface area contributed by atoms with Gasteiger partial charge in [0.2, 0.25) is 5.91 Å². The lowest BCUT2D eigenvalue weighted by Gasteiger charge is -2.33. The molecule has 1 saturated carbocycles. The van der Waals surface area contributed by atoms with E-state index in [1.807, 2.05) is 4.90 Å². The number of hydrogen-bond donors (Lipinski definition) is 3. The van der Waals surface area contributed by atoms with E-state index < -0.39 is 24.5 Å². The second kappa shape index (κ2) is 8.73. The first kappa shape index (κ1) is 20.2. The van der Waals surface area contributed by atoms with Crippen LogP contribution in [0.5, 0.6) is 0 Å². The fourth-order valence-corrected chi connectivity index (χ4v) is 4.40. The number of ether oxygens (including phenoxy) is 1. The number of esters is 1. The van der Waals surface area contributed by atoms with E-state index in [4.69, 9.17) is 4.74 Å². The zero-order chi connectivity index (χ0) is 21.1. The van der Waals surface area contributed by atoms with Crippen molar-refractivity contribution < 1.29 is 23.9 Å². The Kier molecular flexibility index (Phi) is 5.87. The normalized spacial score (nSPS) is 20.6. The molecule has 0 bridgehead atoms. The summed E-state index contributed by atoms with van der Waals surface area (Å²) < 4.78 is 5.03. The van der Waals surface area contributed by atoms with Crippen LogP contribution in [0, 0.1) is 0 Å². The van der Waals surface area contributed by atoms with Crippen LogP contribution in [0.3, 0.4) is 0 Å². The smallest absolute Gasteiger partial charge is 0.338 e. The van der Waals surface area contributed by atoms with Crippen LogP contribution in [0.15, 0.2) is 18.2 Å². The molecule has 2 heterocycles. The molecule has 9 nitrogen and oxygen atoms in total. The topological polar surface area (TPSA) is 117 Å². The van der Waals surface area contributed by atoms with Gasteiger partial charge in [-0.15, -0.1) is 0 Å². The van der Waals surface area contributed by atoms with E-state index in [1.54, 1.807) is 18.2 Å². The predicted octanol–water partition coefficient (Wildman–Crippen LogP) is 1.92. The molecule has 1 aliphatic carbocycles. The molecule has 9 heteroatoms. The molecule has 4 amide bonds. The molecule has 3 aliphatic rings. The largest absolute Gasteiger partial charge is 0.452 e. The van der Waals surface area contributed by atoms with Gasteiger partial charge in [0, 0.05) is 12.6 Å². The number of nitrogens with one attached hydrogen (secondary N) is 3. The zero-order valence-corrected chi connectivity index (χ0v) is 16.7. The molecule has 2 aliphatic heterocycles. The molecule has 1 saturated heterocycles. The summed E-state index contributed by atoms with van der Waals surface area (Å²) in [7, 11) is 0. The second-order valence-electron chi connectivity index (χ2n) is 8.01. The molecule has 0 spiro atoms. The number of imide groups is 1. The Morgan fingerprint density at radius 3 is 2.70 bits per heavy atom. The van der Waals surface area contributed by atoms with Crippen LogP contribution in [0.25, 0.3) is 0 Å². The first-order valence-corrected chi connectivity index (χ1v) is 10.5. The fourth-order valence-electron chi connectivity index (χ4n) is 4.40. The third-order valence-electron chi connectivity index (χ3n) is 5.88. The van der Waals surface area contributed by atoms with Gasteiger partial charge in [0.25, 0.3) is 5.91 Å². The number of fused-ring (bicyclic) bond motifs is 3. The summed E-state index contributed by atoms with van der Waals surface area (Å²) in [5.74, 6) is -1.46. The lowest BCUT2D eigenvalue weighted by atomic mass is 9.96. The molecule has 1 aromatic rings. The quantitative estimate of drug-likeness (QED) is 0.648. The van der Waals surface area contributed by atoms with Gasteiger partial charge >= 0.3 is 12.0 Å². The van der Waals surface area contributed by atoms with Crippen molar-refractivity contribution in [2.75, 3.05) is 23.4 Å². The van der Waals surface area contributed by atoms with E-state index in [-0.39, 0.29) is 23.6 Å². The van der Waals surface area contributed by atoms with Gasteiger partial charge < -0.3 is 20.3 Å². The molecule has 0 unspecified atom stereocenters. The molecule has 1 atom stereocenters. The number of carbonyl (C=O) groups excluding carboxylic acids is 4. The number of amides is 4. The molecule has 160 valence electrons. The maximum absolute atomic E-state index is 12.3. The molecule has 1 aromatic carbocycles. The van der Waals surface area contributed by atoms with Crippen LogP contribution in [-0.4, -0.2) is 49.1 Å². The van der Waals surface area contributed by atoms with Crippen LogP contribution in [-0.2, 0) is 14.3 Å². The molecular weight excluding hydrogens is 388 g/mol. The Labute approximate surface area is 174 Å². The number of carbonyl (C=O) groups is 4. The summed E-state index contributed by atoms with van der Waals surface area (Å²) in [5.41, 5.74) is 1.67. The van der Waals surface area contributed by atoms with E-state index in [0.29, 0.717) is 5.69 Å². The van der Waals surface area contributed by atoms with Crippen molar-refractivity contribution in [1.82, 2.24) is 10.6 Å². The van der Waals surface area contributed by atoms with Gasteiger partial charge in [0.15, 0.2) is 6.61 Å². The van der Waals surface area contributed by atoms with Crippen molar-refractivity contribution in [1.29, 1.82) is 0 Å². The van der Waals surface area contributed by atoms with Crippen LogP contribution >= 0.6 is 0 Å². The van der Waals surface area contributed by atoms with Crippen molar-refractivity contribution in [3.63, 3.8) is 0 Å². The monoisotopic (exact) mass is 414 g/mol. The Bertz CT molecular complexity index is 865. The van der Waals surface area contributed by atoms with Crippen LogP contribution in [0.2, 0.25) is 0 Å². The average molecular weight is 414 g/mol. The summed E-state index contributed by atoms with van der Waals surface area (Å²) in [6, 6.07) is 4.30. The van der Waals surface area contributed by atoms with Gasteiger partial charge in [0.05, 0.1) is 16.9 Å². The summed E-state index contributed by atoms with van der Waals surface area (Å²) in [5, 5.41) is 7.79. The predicted molar refractivity (Wildman–Crippen MR) is 109 cm³/mol. The van der Waals surface area contributed by atoms with Crippen molar-refractivity contribution in [2.24, 2.45) is 0 Å². The van der Waals surface area contributed by atoms with E-state index in [1.165, 1.54) is 6.42 Å². The third-order valence-corrected chi connectivity index (χ3v) is 5.88. The lowest BCUT2D eigenvalue weighted by Crippen LogP contribution is -2.46. The molecular formula is C21H26N4O5. The van der Waals surface area contributed by atoms with E-state index in [9.17, 15) is 19.2 Å². The van der Waals surface area contributed by atoms with Crippen LogP contribution in [0.4, 0.5) is 16.2 Å². The maximum Gasteiger partial charge on any atom is 0.338 e. The summed E-state index contributed by atoms with van der Waals surface area (Å²) in [4.78, 5) is 50.4. The molecule has 4 rings (SSSR count). The maximum atomic E-state index is 12.3. The van der Waals surface area contributed by atoms with Gasteiger partial charge in [-0.25, -0.2) is 9.59 Å². The number of rotatable bonds is 4. The second-order valence-corrected chi connectivity index (χ2v) is 8.01. The van der Waals surface area contributed by atoms with Crippen LogP contribution in [0.1, 0.15) is 55.3 Å². The summed E-state index contributed by atoms with van der Waals surface area (Å²) >= 11 is 0. The van der Waals surface area contributed by atoms with E-state index in [2.05, 4.69) is 16.0 Å². The van der Waals surface area contributed by atoms with Gasteiger partial charge in [-0.05, 0) is 43.9 Å². The van der Waals surface area contributed by atoms with Crippen molar-refractivity contribution in [2.45, 2.75) is 57.0 Å². The Hall–Kier alpha value is -3.10. The standard InChI is InChI=1S/C21H26N4O5/c26-18(24-21(29)22-14-5-2-1-3-6-14)12-30-20(28)13-8-9-16-15(11-13)23-19(27)17-7-4-10-25(16)17/h8-9,11,14,17H,1-7,10,12H2,(H,23,27)(H2,22,24,26,29)/t17-/m0/s1. The molecule has 0 radical (unpaired) electrons. The SMILES string of the molecule is O=C(COC(=O)c1ccc2c(c1)NC(=O)[C@@H]1CCCN21)NC(=O)NC1CCCCC1. The fraction of sp³-hybridized carbons (Fsp3) is 0.524. The van der Waals surface area contributed by atoms with Crippen molar-refractivity contribution in [3.8, 4) is 0 Å². The number of hydrogen-bond acceptors (Lipinski definition) is 6. The highest BCUT2D eigenvalue weighted by Crippen LogP contribution is 2.37. The molecule has 30 heavy (non-hydrogen) atoms. The summed E-state index contributed by atoms with van der Waals surface area (Å²) in [6.45, 7) is 0.243. The van der Waals surface area contributed by atoms with Gasteiger partial charge in [-0.3, -0.25) is 14.9 Å². The third kappa shape index (κ3) is 4.39. The average Bonchev–Trinajstić information content (AvgIpc) is 3.23. The molecule has 2 fully saturated rings. The van der Waals surface area contributed by atoms with Crippen molar-refractivity contribution >= 4 is 35.2 Å². The number of anilines is 2. The van der Waals surface area contributed by atoms with Gasteiger partial charge in [0.1, 0.15) is 6.04 Å². The Morgan fingerprint density at radius 2 is 1.90 bits per heavy atom. The molecule has 3 N–H and O–H groups in total. The zero-order valence-electron chi connectivity index (χ0n) is 16.7. The highest BCUT2D eigenvalue weighted by molar-refractivity contribution is 6.05.